The molecule has 0 saturated heterocycles. The second-order valence-electron chi connectivity index (χ2n) is 6.58. The minimum absolute atomic E-state index is 0.292. The fourth-order valence-electron chi connectivity index (χ4n) is 3.32. The van der Waals surface area contributed by atoms with Gasteiger partial charge in [0.2, 0.25) is 0 Å². The molecule has 0 aromatic carbocycles. The fourth-order valence-corrected chi connectivity index (χ4v) is 4.84. The molecule has 0 saturated carbocycles. The molecule has 2 N–H and O–H groups in total. The number of hydrogen-bond donors (Lipinski definition) is 2. The van der Waals surface area contributed by atoms with Crippen molar-refractivity contribution in [3.63, 3.8) is 0 Å². The molecule has 0 fully saturated rings. The number of aromatic nitrogens is 2. The number of thiophene rings is 1. The zero-order valence-electron chi connectivity index (χ0n) is 15.8. The van der Waals surface area contributed by atoms with Gasteiger partial charge in [0.15, 0.2) is 5.11 Å². The minimum Gasteiger partial charge on any atom is -0.465 e. The normalized spacial score (nSPS) is 14.0. The first-order valence-electron chi connectivity index (χ1n) is 9.42. The van der Waals surface area contributed by atoms with Crippen LogP contribution in [0.2, 0.25) is 0 Å². The van der Waals surface area contributed by atoms with Crippen molar-refractivity contribution in [2.75, 3.05) is 12.4 Å². The molecule has 3 rings (SSSR count). The van der Waals surface area contributed by atoms with E-state index in [0.29, 0.717) is 17.2 Å². The smallest absolute Gasteiger partial charge is 0.341 e. The molecule has 0 atom stereocenters. The van der Waals surface area contributed by atoms with E-state index < -0.39 is 0 Å². The quantitative estimate of drug-likeness (QED) is 0.580. The van der Waals surface area contributed by atoms with Gasteiger partial charge in [-0.05, 0) is 56.5 Å². The van der Waals surface area contributed by atoms with E-state index in [4.69, 9.17) is 17.0 Å². The average molecular weight is 407 g/mol. The largest absolute Gasteiger partial charge is 0.465 e. The fraction of sp³-hybridized carbons (Fsp3) is 0.526. The van der Waals surface area contributed by atoms with Crippen LogP contribution < -0.4 is 10.6 Å². The zero-order chi connectivity index (χ0) is 19.2. The van der Waals surface area contributed by atoms with Crippen LogP contribution >= 0.6 is 23.6 Å². The molecule has 0 aliphatic heterocycles. The second-order valence-corrected chi connectivity index (χ2v) is 8.10. The average Bonchev–Trinajstić information content (AvgIpc) is 3.24. The molecule has 0 spiro atoms. The van der Waals surface area contributed by atoms with Crippen molar-refractivity contribution >= 4 is 39.6 Å². The van der Waals surface area contributed by atoms with Gasteiger partial charge in [-0.2, -0.15) is 5.10 Å². The topological polar surface area (TPSA) is 68.2 Å². The molecule has 0 bridgehead atoms. The molecule has 27 heavy (non-hydrogen) atoms. The van der Waals surface area contributed by atoms with Gasteiger partial charge in [0.1, 0.15) is 5.00 Å². The van der Waals surface area contributed by atoms with Crippen molar-refractivity contribution in [2.45, 2.75) is 58.5 Å². The molecule has 2 heterocycles. The Morgan fingerprint density at radius 2 is 2.11 bits per heavy atom. The highest BCUT2D eigenvalue weighted by Crippen LogP contribution is 2.37. The Labute approximate surface area is 169 Å². The maximum Gasteiger partial charge on any atom is 0.341 e. The number of hydrogen-bond acceptors (Lipinski definition) is 5. The van der Waals surface area contributed by atoms with Gasteiger partial charge in [-0.25, -0.2) is 4.79 Å². The third-order valence-corrected chi connectivity index (χ3v) is 6.19. The Balaban J connectivity index is 1.73. The number of fused-ring (bicyclic) bond motifs is 1. The van der Waals surface area contributed by atoms with Crippen LogP contribution in [0, 0.1) is 0 Å². The first-order valence-corrected chi connectivity index (χ1v) is 10.6. The monoisotopic (exact) mass is 406 g/mol. The Kier molecular flexibility index (Phi) is 6.84. The minimum atomic E-state index is -0.292. The Morgan fingerprint density at radius 1 is 1.33 bits per heavy atom. The maximum absolute atomic E-state index is 12.4. The first-order chi connectivity index (χ1) is 13.1. The van der Waals surface area contributed by atoms with Crippen molar-refractivity contribution in [1.82, 2.24) is 15.1 Å². The number of anilines is 1. The number of carbonyl (C=O) groups excluding carboxylic acids is 1. The van der Waals surface area contributed by atoms with Gasteiger partial charge < -0.3 is 15.4 Å². The molecule has 1 aliphatic carbocycles. The lowest BCUT2D eigenvalue weighted by Crippen LogP contribution is -2.28. The van der Waals surface area contributed by atoms with Gasteiger partial charge in [-0.15, -0.1) is 11.3 Å². The van der Waals surface area contributed by atoms with Crippen LogP contribution in [-0.4, -0.2) is 28.0 Å². The first kappa shape index (κ1) is 19.8. The summed E-state index contributed by atoms with van der Waals surface area (Å²) in [5, 5.41) is 12.1. The molecule has 1 aliphatic rings. The molecule has 0 amide bonds. The zero-order valence-corrected chi connectivity index (χ0v) is 17.5. The van der Waals surface area contributed by atoms with E-state index >= 15 is 0 Å². The highest BCUT2D eigenvalue weighted by Gasteiger charge is 2.25. The summed E-state index contributed by atoms with van der Waals surface area (Å²) in [4.78, 5) is 13.7. The summed E-state index contributed by atoms with van der Waals surface area (Å²) < 4.78 is 6.93. The van der Waals surface area contributed by atoms with Crippen LogP contribution in [0.3, 0.4) is 0 Å². The van der Waals surface area contributed by atoms with Crippen molar-refractivity contribution in [3.05, 3.63) is 34.0 Å². The Morgan fingerprint density at radius 3 is 2.81 bits per heavy atom. The number of rotatable bonds is 5. The Hall–Kier alpha value is -1.93. The van der Waals surface area contributed by atoms with E-state index in [1.165, 1.54) is 24.8 Å². The summed E-state index contributed by atoms with van der Waals surface area (Å²) in [6, 6.07) is 1.97. The van der Waals surface area contributed by atoms with Crippen molar-refractivity contribution < 1.29 is 9.53 Å². The molecule has 2 aromatic rings. The number of ether oxygens (including phenoxy) is 1. The summed E-state index contributed by atoms with van der Waals surface area (Å²) in [5.74, 6) is -0.292. The lowest BCUT2D eigenvalue weighted by Gasteiger charge is -2.11. The van der Waals surface area contributed by atoms with Crippen LogP contribution in [0.25, 0.3) is 0 Å². The lowest BCUT2D eigenvalue weighted by molar-refractivity contribution is 0.0601. The van der Waals surface area contributed by atoms with Crippen LogP contribution in [0.4, 0.5) is 5.00 Å². The summed E-state index contributed by atoms with van der Waals surface area (Å²) in [5.41, 5.74) is 2.71. The number of carbonyl (C=O) groups is 1. The number of nitrogens with one attached hydrogen (secondary N) is 2. The molecule has 6 nitrogen and oxygen atoms in total. The van der Waals surface area contributed by atoms with Gasteiger partial charge in [0.25, 0.3) is 0 Å². The van der Waals surface area contributed by atoms with Crippen molar-refractivity contribution in [3.8, 4) is 0 Å². The molecule has 146 valence electrons. The third kappa shape index (κ3) is 4.87. The van der Waals surface area contributed by atoms with E-state index in [0.717, 1.165) is 48.5 Å². The molecule has 8 heteroatoms. The van der Waals surface area contributed by atoms with Gasteiger partial charge in [0, 0.05) is 17.6 Å². The number of aryl methyl sites for hydroxylation is 2. The van der Waals surface area contributed by atoms with Gasteiger partial charge in [-0.3, -0.25) is 4.68 Å². The summed E-state index contributed by atoms with van der Waals surface area (Å²) in [6.45, 7) is 3.43. The van der Waals surface area contributed by atoms with Gasteiger partial charge >= 0.3 is 5.97 Å². The van der Waals surface area contributed by atoms with Crippen LogP contribution in [0.15, 0.2) is 12.3 Å². The Bertz CT molecular complexity index is 813. The SMILES string of the molecule is CCn1ccc(CNC(=S)Nc2sc3c(c2C(=O)OC)CCCCCC3)n1. The number of nitrogens with zero attached hydrogens (tertiary/aromatic N) is 2. The van der Waals surface area contributed by atoms with Crippen LogP contribution in [0.1, 0.15) is 59.1 Å². The van der Waals surface area contributed by atoms with Crippen LogP contribution in [0.5, 0.6) is 0 Å². The lowest BCUT2D eigenvalue weighted by atomic mass is 9.96. The summed E-state index contributed by atoms with van der Waals surface area (Å²) in [6.07, 6.45) is 8.61. The second kappa shape index (κ2) is 9.32. The molecule has 0 radical (unpaired) electrons. The highest BCUT2D eigenvalue weighted by molar-refractivity contribution is 7.80. The number of esters is 1. The third-order valence-electron chi connectivity index (χ3n) is 4.74. The molecule has 0 unspecified atom stereocenters. The molecular formula is C19H26N4O2S2. The van der Waals surface area contributed by atoms with E-state index in [9.17, 15) is 4.79 Å². The summed E-state index contributed by atoms with van der Waals surface area (Å²) >= 11 is 7.07. The standard InChI is InChI=1S/C19H26N4O2S2/c1-3-23-11-10-13(22-23)12-20-19(26)21-17-16(18(24)25-2)14-8-6-4-5-7-9-15(14)27-17/h10-11H,3-9,12H2,1-2H3,(H2,20,21,26). The highest BCUT2D eigenvalue weighted by atomic mass is 32.1. The van der Waals surface area contributed by atoms with Gasteiger partial charge in [0.05, 0.1) is 24.9 Å². The van der Waals surface area contributed by atoms with E-state index in [1.54, 1.807) is 11.3 Å². The van der Waals surface area contributed by atoms with E-state index in [-0.39, 0.29) is 5.97 Å². The predicted molar refractivity (Wildman–Crippen MR) is 112 cm³/mol. The van der Waals surface area contributed by atoms with Gasteiger partial charge in [-0.1, -0.05) is 12.8 Å². The number of methoxy groups -OCH3 is 1. The van der Waals surface area contributed by atoms with Crippen LogP contribution in [-0.2, 0) is 30.7 Å². The van der Waals surface area contributed by atoms with Crippen molar-refractivity contribution in [2.24, 2.45) is 0 Å². The summed E-state index contributed by atoms with van der Waals surface area (Å²) in [7, 11) is 1.43. The molecule has 2 aromatic heterocycles. The van der Waals surface area contributed by atoms with E-state index in [2.05, 4.69) is 15.7 Å². The predicted octanol–water partition coefficient (Wildman–Crippen LogP) is 3.90. The molecular weight excluding hydrogens is 380 g/mol. The number of thiocarbonyl (C=S) groups is 1. The maximum atomic E-state index is 12.4. The van der Waals surface area contributed by atoms with E-state index in [1.807, 2.05) is 23.9 Å². The van der Waals surface area contributed by atoms with Crippen molar-refractivity contribution in [1.29, 1.82) is 0 Å².